The third-order valence-electron chi connectivity index (χ3n) is 10.5. The van der Waals surface area contributed by atoms with E-state index in [4.69, 9.17) is 18.9 Å². The summed E-state index contributed by atoms with van der Waals surface area (Å²) >= 11 is 0. The molecule has 0 aromatic carbocycles. The van der Waals surface area contributed by atoms with Crippen molar-refractivity contribution in [3.63, 3.8) is 0 Å². The molecule has 1 aliphatic rings. The molecule has 0 radical (unpaired) electrons. The molecule has 0 saturated carbocycles. The maximum absolute atomic E-state index is 12.8. The number of esters is 1. The van der Waals surface area contributed by atoms with E-state index in [2.05, 4.69) is 111 Å². The molecule has 1 aliphatic heterocycles. The zero-order valence-corrected chi connectivity index (χ0v) is 38.8. The third-order valence-corrected chi connectivity index (χ3v) is 10.5. The largest absolute Gasteiger partial charge is 0.457 e. The molecule has 0 aromatic rings. The minimum atomic E-state index is -1.55. The van der Waals surface area contributed by atoms with Crippen LogP contribution in [0.4, 0.5) is 0 Å². The van der Waals surface area contributed by atoms with Crippen LogP contribution < -0.4 is 0 Å². The number of carbonyl (C=O) groups excluding carboxylic acids is 1. The summed E-state index contributed by atoms with van der Waals surface area (Å²) in [7, 11) is 0. The summed E-state index contributed by atoms with van der Waals surface area (Å²) in [5.41, 5.74) is 0. The number of hydrogen-bond donors (Lipinski definition) is 4. The Morgan fingerprint density at radius 2 is 0.984 bits per heavy atom. The molecule has 1 fully saturated rings. The summed E-state index contributed by atoms with van der Waals surface area (Å²) < 4.78 is 22.8. The van der Waals surface area contributed by atoms with Crippen molar-refractivity contribution >= 4 is 5.97 Å². The van der Waals surface area contributed by atoms with Gasteiger partial charge in [-0.2, -0.15) is 0 Å². The summed E-state index contributed by atoms with van der Waals surface area (Å²) in [6.07, 6.45) is 52.9. The van der Waals surface area contributed by atoms with Gasteiger partial charge in [0, 0.05) is 13.0 Å². The standard InChI is InChI=1S/C53H88O9/c1-3-5-7-9-11-13-15-17-18-19-20-21-22-23-24-25-26-27-28-29-31-33-35-37-39-41-43-59-45-47(46-60-53-52(58)51(57)50(56)48(44-54)62-53)61-49(55)42-40-38-36-34-32-30-16-14-12-10-8-6-4-2/h5,7-8,10-11,13-14,16-18,20-21,23-24,26-27,47-48,50-54,56-58H,3-4,6,9,12,15,19,22,25,28-46H2,1-2H3/b7-5-,10-8-,13-11-,16-14-,18-17-,21-20-,24-23-,27-26-. The van der Waals surface area contributed by atoms with Gasteiger partial charge in [0.1, 0.15) is 30.5 Å². The fourth-order valence-corrected chi connectivity index (χ4v) is 6.71. The zero-order valence-electron chi connectivity index (χ0n) is 38.8. The van der Waals surface area contributed by atoms with E-state index in [1.54, 1.807) is 0 Å². The van der Waals surface area contributed by atoms with E-state index >= 15 is 0 Å². The molecule has 62 heavy (non-hydrogen) atoms. The van der Waals surface area contributed by atoms with E-state index in [1.165, 1.54) is 32.1 Å². The van der Waals surface area contributed by atoms with Crippen molar-refractivity contribution in [1.29, 1.82) is 0 Å². The first-order valence-electron chi connectivity index (χ1n) is 24.3. The van der Waals surface area contributed by atoms with Crippen LogP contribution in [0.5, 0.6) is 0 Å². The Kier molecular flexibility index (Phi) is 40.0. The Bertz CT molecular complexity index is 1260. The molecule has 0 amide bonds. The maximum atomic E-state index is 12.8. The lowest BCUT2D eigenvalue weighted by atomic mass is 9.99. The monoisotopic (exact) mass is 869 g/mol. The van der Waals surface area contributed by atoms with Gasteiger partial charge in [-0.3, -0.25) is 4.79 Å². The van der Waals surface area contributed by atoms with Crippen LogP contribution in [0.25, 0.3) is 0 Å². The highest BCUT2D eigenvalue weighted by Crippen LogP contribution is 2.22. The quantitative estimate of drug-likeness (QED) is 0.0270. The second-order valence-corrected chi connectivity index (χ2v) is 16.2. The Balaban J connectivity index is 2.22. The van der Waals surface area contributed by atoms with Gasteiger partial charge in [0.15, 0.2) is 6.29 Å². The number of unbranched alkanes of at least 4 members (excludes halogenated alkanes) is 13. The van der Waals surface area contributed by atoms with Crippen LogP contribution in [0.1, 0.15) is 168 Å². The molecule has 6 unspecified atom stereocenters. The van der Waals surface area contributed by atoms with Crippen LogP contribution in [0.15, 0.2) is 97.2 Å². The Labute approximate surface area is 377 Å². The molecule has 1 heterocycles. The van der Waals surface area contributed by atoms with Crippen molar-refractivity contribution in [1.82, 2.24) is 0 Å². The summed E-state index contributed by atoms with van der Waals surface area (Å²) in [6, 6.07) is 0. The summed E-state index contributed by atoms with van der Waals surface area (Å²) in [6.45, 7) is 4.31. The SMILES string of the molecule is CC/C=C\C/C=C\C/C=C\C/C=C\C/C=C\C/C=C\CCCCCCCCCOCC(COC1OC(CO)C(O)C(O)C1O)OC(=O)CCCCCCC/C=C\C/C=C\CCC. The van der Waals surface area contributed by atoms with Crippen molar-refractivity contribution in [2.24, 2.45) is 0 Å². The van der Waals surface area contributed by atoms with Crippen molar-refractivity contribution < 1.29 is 44.2 Å². The van der Waals surface area contributed by atoms with Crippen LogP contribution in [0.2, 0.25) is 0 Å². The van der Waals surface area contributed by atoms with Gasteiger partial charge in [0.05, 0.1) is 19.8 Å². The predicted octanol–water partition coefficient (Wildman–Crippen LogP) is 11.6. The molecule has 4 N–H and O–H groups in total. The molecule has 0 aromatic heterocycles. The summed E-state index contributed by atoms with van der Waals surface area (Å²) in [5.74, 6) is -0.337. The topological polar surface area (TPSA) is 135 Å². The van der Waals surface area contributed by atoms with Crippen molar-refractivity contribution in [2.45, 2.75) is 205 Å². The average Bonchev–Trinajstić information content (AvgIpc) is 3.27. The van der Waals surface area contributed by atoms with E-state index in [0.717, 1.165) is 116 Å². The predicted molar refractivity (Wildman–Crippen MR) is 256 cm³/mol. The van der Waals surface area contributed by atoms with Crippen LogP contribution in [0.3, 0.4) is 0 Å². The molecule has 0 bridgehead atoms. The number of allylic oxidation sites excluding steroid dienone is 16. The van der Waals surface area contributed by atoms with Crippen LogP contribution in [-0.4, -0.2) is 89.6 Å². The number of aliphatic hydroxyl groups excluding tert-OH is 4. The lowest BCUT2D eigenvalue weighted by Crippen LogP contribution is -2.59. The molecule has 0 spiro atoms. The van der Waals surface area contributed by atoms with Crippen LogP contribution in [0, 0.1) is 0 Å². The van der Waals surface area contributed by atoms with E-state index in [-0.39, 0.29) is 19.2 Å². The first kappa shape index (κ1) is 57.1. The fourth-order valence-electron chi connectivity index (χ4n) is 6.71. The third kappa shape index (κ3) is 33.6. The molecular weight excluding hydrogens is 781 g/mol. The first-order valence-corrected chi connectivity index (χ1v) is 24.3. The Morgan fingerprint density at radius 1 is 0.532 bits per heavy atom. The molecule has 0 aliphatic carbocycles. The number of hydrogen-bond acceptors (Lipinski definition) is 9. The highest BCUT2D eigenvalue weighted by atomic mass is 16.7. The Morgan fingerprint density at radius 3 is 1.48 bits per heavy atom. The van der Waals surface area contributed by atoms with Gasteiger partial charge in [-0.1, -0.05) is 169 Å². The maximum Gasteiger partial charge on any atom is 0.306 e. The van der Waals surface area contributed by atoms with Crippen LogP contribution >= 0.6 is 0 Å². The van der Waals surface area contributed by atoms with E-state index in [1.807, 2.05) is 0 Å². The number of rotatable bonds is 40. The van der Waals surface area contributed by atoms with Gasteiger partial charge in [-0.15, -0.1) is 0 Å². The second-order valence-electron chi connectivity index (χ2n) is 16.2. The minimum absolute atomic E-state index is 0.125. The fraction of sp³-hybridized carbons (Fsp3) is 0.679. The van der Waals surface area contributed by atoms with Gasteiger partial charge in [0.2, 0.25) is 0 Å². The van der Waals surface area contributed by atoms with E-state index < -0.39 is 43.4 Å². The van der Waals surface area contributed by atoms with Gasteiger partial charge in [0.25, 0.3) is 0 Å². The van der Waals surface area contributed by atoms with E-state index in [9.17, 15) is 25.2 Å². The van der Waals surface area contributed by atoms with Crippen molar-refractivity contribution in [3.05, 3.63) is 97.2 Å². The molecular formula is C53H88O9. The molecule has 6 atom stereocenters. The Hall–Kier alpha value is -2.89. The highest BCUT2D eigenvalue weighted by molar-refractivity contribution is 5.69. The van der Waals surface area contributed by atoms with E-state index in [0.29, 0.717) is 13.0 Å². The van der Waals surface area contributed by atoms with Crippen molar-refractivity contribution in [3.8, 4) is 0 Å². The molecule has 9 nitrogen and oxygen atoms in total. The van der Waals surface area contributed by atoms with Gasteiger partial charge >= 0.3 is 5.97 Å². The van der Waals surface area contributed by atoms with Gasteiger partial charge in [-0.05, 0) is 89.9 Å². The zero-order chi connectivity index (χ0) is 45.0. The number of carbonyl (C=O) groups is 1. The summed E-state index contributed by atoms with van der Waals surface area (Å²) in [5, 5.41) is 40.2. The molecule has 1 saturated heterocycles. The molecule has 1 rings (SSSR count). The first-order chi connectivity index (χ1) is 30.4. The lowest BCUT2D eigenvalue weighted by Gasteiger charge is -2.39. The highest BCUT2D eigenvalue weighted by Gasteiger charge is 2.44. The number of ether oxygens (including phenoxy) is 4. The van der Waals surface area contributed by atoms with Gasteiger partial charge < -0.3 is 39.4 Å². The smallest absolute Gasteiger partial charge is 0.306 e. The summed E-state index contributed by atoms with van der Waals surface area (Å²) in [4.78, 5) is 12.8. The minimum Gasteiger partial charge on any atom is -0.457 e. The van der Waals surface area contributed by atoms with Gasteiger partial charge in [-0.25, -0.2) is 0 Å². The molecule has 354 valence electrons. The lowest BCUT2D eigenvalue weighted by molar-refractivity contribution is -0.305. The molecule has 9 heteroatoms. The second kappa shape index (κ2) is 43.4. The average molecular weight is 869 g/mol. The normalized spacial score (nSPS) is 20.6. The van der Waals surface area contributed by atoms with Crippen molar-refractivity contribution in [2.75, 3.05) is 26.4 Å². The van der Waals surface area contributed by atoms with Crippen LogP contribution in [-0.2, 0) is 23.7 Å². The number of aliphatic hydroxyl groups is 4.